The van der Waals surface area contributed by atoms with Gasteiger partial charge >= 0.3 is 6.03 Å². The van der Waals surface area contributed by atoms with E-state index >= 15 is 0 Å². The second-order valence-electron chi connectivity index (χ2n) is 5.29. The SMILES string of the molecule is CCC(O)CCNC(=O)NCCc1c[nH]c2ccc(Cl)cc12. The van der Waals surface area contributed by atoms with Gasteiger partial charge in [0.2, 0.25) is 0 Å². The molecule has 120 valence electrons. The molecule has 5 nitrogen and oxygen atoms in total. The summed E-state index contributed by atoms with van der Waals surface area (Å²) in [5, 5.41) is 16.7. The van der Waals surface area contributed by atoms with Crippen LogP contribution in [0.15, 0.2) is 24.4 Å². The number of urea groups is 1. The van der Waals surface area contributed by atoms with Crippen molar-refractivity contribution >= 4 is 28.5 Å². The zero-order valence-electron chi connectivity index (χ0n) is 12.7. The molecule has 0 aliphatic carbocycles. The molecule has 1 unspecified atom stereocenters. The molecule has 0 bridgehead atoms. The van der Waals surface area contributed by atoms with Gasteiger partial charge in [0, 0.05) is 35.2 Å². The highest BCUT2D eigenvalue weighted by atomic mass is 35.5. The van der Waals surface area contributed by atoms with Gasteiger partial charge in [0.15, 0.2) is 0 Å². The van der Waals surface area contributed by atoms with Crippen molar-refractivity contribution in [2.75, 3.05) is 13.1 Å². The van der Waals surface area contributed by atoms with Crippen LogP contribution in [-0.2, 0) is 6.42 Å². The minimum absolute atomic E-state index is 0.207. The number of carbonyl (C=O) groups excluding carboxylic acids is 1. The van der Waals surface area contributed by atoms with Gasteiger partial charge in [-0.15, -0.1) is 0 Å². The number of halogens is 1. The summed E-state index contributed by atoms with van der Waals surface area (Å²) >= 11 is 6.01. The van der Waals surface area contributed by atoms with Crippen LogP contribution in [0.4, 0.5) is 4.79 Å². The molecule has 4 N–H and O–H groups in total. The second-order valence-corrected chi connectivity index (χ2v) is 5.72. The summed E-state index contributed by atoms with van der Waals surface area (Å²) in [6.45, 7) is 2.93. The third kappa shape index (κ3) is 4.64. The third-order valence-corrected chi connectivity index (χ3v) is 3.88. The standard InChI is InChI=1S/C16H22ClN3O2/c1-2-13(21)6-8-19-16(22)18-7-5-11-10-20-15-4-3-12(17)9-14(11)15/h3-4,9-10,13,20-21H,2,5-8H2,1H3,(H2,18,19,22). The lowest BCUT2D eigenvalue weighted by Gasteiger charge is -2.10. The van der Waals surface area contributed by atoms with E-state index in [9.17, 15) is 9.90 Å². The maximum Gasteiger partial charge on any atom is 0.314 e. The van der Waals surface area contributed by atoms with E-state index in [4.69, 9.17) is 11.6 Å². The number of fused-ring (bicyclic) bond motifs is 1. The minimum Gasteiger partial charge on any atom is -0.393 e. The Morgan fingerprint density at radius 1 is 1.36 bits per heavy atom. The molecule has 22 heavy (non-hydrogen) atoms. The van der Waals surface area contributed by atoms with Crippen LogP contribution < -0.4 is 10.6 Å². The van der Waals surface area contributed by atoms with Crippen LogP contribution in [-0.4, -0.2) is 35.3 Å². The molecular formula is C16H22ClN3O2. The van der Waals surface area contributed by atoms with Gasteiger partial charge in [-0.25, -0.2) is 4.79 Å². The Morgan fingerprint density at radius 3 is 2.91 bits per heavy atom. The van der Waals surface area contributed by atoms with Gasteiger partial charge in [0.05, 0.1) is 6.10 Å². The fourth-order valence-electron chi connectivity index (χ4n) is 2.29. The molecule has 0 spiro atoms. The summed E-state index contributed by atoms with van der Waals surface area (Å²) in [7, 11) is 0. The van der Waals surface area contributed by atoms with Crippen molar-refractivity contribution in [3.05, 3.63) is 35.0 Å². The Morgan fingerprint density at radius 2 is 2.14 bits per heavy atom. The number of hydrogen-bond donors (Lipinski definition) is 4. The highest BCUT2D eigenvalue weighted by Crippen LogP contribution is 2.22. The van der Waals surface area contributed by atoms with Crippen molar-refractivity contribution < 1.29 is 9.90 Å². The molecule has 0 saturated heterocycles. The third-order valence-electron chi connectivity index (χ3n) is 3.64. The van der Waals surface area contributed by atoms with Crippen molar-refractivity contribution in [2.45, 2.75) is 32.3 Å². The number of benzene rings is 1. The molecule has 2 aromatic rings. The molecule has 6 heteroatoms. The smallest absolute Gasteiger partial charge is 0.314 e. The highest BCUT2D eigenvalue weighted by Gasteiger charge is 2.06. The number of nitrogens with one attached hydrogen (secondary N) is 3. The quantitative estimate of drug-likeness (QED) is 0.632. The number of aromatic nitrogens is 1. The van der Waals surface area contributed by atoms with E-state index in [0.29, 0.717) is 31.0 Å². The van der Waals surface area contributed by atoms with E-state index in [1.165, 1.54) is 0 Å². The van der Waals surface area contributed by atoms with Crippen LogP contribution in [0, 0.1) is 0 Å². The number of aromatic amines is 1. The van der Waals surface area contributed by atoms with Gasteiger partial charge in [-0.05, 0) is 43.0 Å². The number of carbonyl (C=O) groups is 1. The summed E-state index contributed by atoms with van der Waals surface area (Å²) in [6.07, 6.45) is 3.59. The molecule has 0 aliphatic heterocycles. The van der Waals surface area contributed by atoms with E-state index in [1.54, 1.807) is 0 Å². The molecule has 0 fully saturated rings. The fraction of sp³-hybridized carbons (Fsp3) is 0.438. The zero-order chi connectivity index (χ0) is 15.9. The number of aliphatic hydroxyl groups is 1. The first-order valence-corrected chi connectivity index (χ1v) is 7.93. The Kier molecular flexibility index (Phi) is 6.10. The number of rotatable bonds is 7. The molecule has 1 aromatic carbocycles. The topological polar surface area (TPSA) is 77.2 Å². The molecular weight excluding hydrogens is 302 g/mol. The molecule has 2 amide bonds. The average Bonchev–Trinajstić information content (AvgIpc) is 2.89. The Bertz CT molecular complexity index is 627. The Labute approximate surface area is 135 Å². The van der Waals surface area contributed by atoms with Crippen molar-refractivity contribution in [1.29, 1.82) is 0 Å². The van der Waals surface area contributed by atoms with Crippen LogP contribution >= 0.6 is 11.6 Å². The van der Waals surface area contributed by atoms with Crippen molar-refractivity contribution in [3.8, 4) is 0 Å². The normalized spacial score (nSPS) is 12.3. The van der Waals surface area contributed by atoms with E-state index in [2.05, 4.69) is 15.6 Å². The van der Waals surface area contributed by atoms with Crippen LogP contribution in [0.1, 0.15) is 25.3 Å². The summed E-state index contributed by atoms with van der Waals surface area (Å²) in [5.41, 5.74) is 2.16. The Balaban J connectivity index is 1.75. The maximum absolute atomic E-state index is 11.6. The lowest BCUT2D eigenvalue weighted by Crippen LogP contribution is -2.37. The summed E-state index contributed by atoms with van der Waals surface area (Å²) < 4.78 is 0. The number of hydrogen-bond acceptors (Lipinski definition) is 2. The van der Waals surface area contributed by atoms with E-state index in [-0.39, 0.29) is 12.1 Å². The first kappa shape index (κ1) is 16.6. The molecule has 1 aromatic heterocycles. The van der Waals surface area contributed by atoms with Gasteiger partial charge in [-0.3, -0.25) is 0 Å². The molecule has 2 rings (SSSR count). The van der Waals surface area contributed by atoms with Gasteiger partial charge in [0.25, 0.3) is 0 Å². The van der Waals surface area contributed by atoms with Gasteiger partial charge in [-0.1, -0.05) is 18.5 Å². The molecule has 1 heterocycles. The van der Waals surface area contributed by atoms with Gasteiger partial charge in [0.1, 0.15) is 0 Å². The van der Waals surface area contributed by atoms with Crippen molar-refractivity contribution in [3.63, 3.8) is 0 Å². The number of H-pyrrole nitrogens is 1. The number of aliphatic hydroxyl groups excluding tert-OH is 1. The van der Waals surface area contributed by atoms with Crippen LogP contribution in [0.25, 0.3) is 10.9 Å². The maximum atomic E-state index is 11.6. The minimum atomic E-state index is -0.351. The molecule has 0 aliphatic rings. The first-order chi connectivity index (χ1) is 10.6. The van der Waals surface area contributed by atoms with E-state index in [1.807, 2.05) is 31.3 Å². The predicted molar refractivity (Wildman–Crippen MR) is 89.3 cm³/mol. The molecule has 1 atom stereocenters. The summed E-state index contributed by atoms with van der Waals surface area (Å²) in [4.78, 5) is 14.8. The highest BCUT2D eigenvalue weighted by molar-refractivity contribution is 6.31. The van der Waals surface area contributed by atoms with Crippen LogP contribution in [0.2, 0.25) is 5.02 Å². The lowest BCUT2D eigenvalue weighted by atomic mass is 10.1. The fourth-order valence-corrected chi connectivity index (χ4v) is 2.46. The number of amides is 2. The monoisotopic (exact) mass is 323 g/mol. The predicted octanol–water partition coefficient (Wildman–Crippen LogP) is 2.82. The van der Waals surface area contributed by atoms with E-state index in [0.717, 1.165) is 22.9 Å². The van der Waals surface area contributed by atoms with Crippen LogP contribution in [0.5, 0.6) is 0 Å². The molecule has 0 saturated carbocycles. The Hall–Kier alpha value is -1.72. The van der Waals surface area contributed by atoms with Crippen molar-refractivity contribution in [1.82, 2.24) is 15.6 Å². The lowest BCUT2D eigenvalue weighted by molar-refractivity contribution is 0.160. The van der Waals surface area contributed by atoms with E-state index < -0.39 is 0 Å². The second kappa shape index (κ2) is 8.06. The average molecular weight is 324 g/mol. The largest absolute Gasteiger partial charge is 0.393 e. The molecule has 0 radical (unpaired) electrons. The first-order valence-electron chi connectivity index (χ1n) is 7.55. The van der Waals surface area contributed by atoms with Gasteiger partial charge in [-0.2, -0.15) is 0 Å². The van der Waals surface area contributed by atoms with Crippen molar-refractivity contribution in [2.24, 2.45) is 0 Å². The summed E-state index contributed by atoms with van der Waals surface area (Å²) in [5.74, 6) is 0. The van der Waals surface area contributed by atoms with Gasteiger partial charge < -0.3 is 20.7 Å². The van der Waals surface area contributed by atoms with Crippen LogP contribution in [0.3, 0.4) is 0 Å². The zero-order valence-corrected chi connectivity index (χ0v) is 13.4. The summed E-state index contributed by atoms with van der Waals surface area (Å²) in [6, 6.07) is 5.51.